The van der Waals surface area contributed by atoms with Crippen molar-refractivity contribution in [2.24, 2.45) is 0 Å². The SMILES string of the molecule is CC(C)(C)OC(=O)CC1(O)CCN(c2ccc([N+](=O)[O-])cc2)CC1. The summed E-state index contributed by atoms with van der Waals surface area (Å²) in [7, 11) is 0. The molecule has 0 spiro atoms. The summed E-state index contributed by atoms with van der Waals surface area (Å²) in [5, 5.41) is 21.3. The zero-order valence-electron chi connectivity index (χ0n) is 14.3. The second kappa shape index (κ2) is 6.76. The maximum absolute atomic E-state index is 11.9. The molecular formula is C17H24N2O5. The lowest BCUT2D eigenvalue weighted by Gasteiger charge is -2.39. The molecule has 1 aromatic carbocycles. The summed E-state index contributed by atoms with van der Waals surface area (Å²) >= 11 is 0. The maximum atomic E-state index is 11.9. The van der Waals surface area contributed by atoms with Crippen LogP contribution >= 0.6 is 0 Å². The molecule has 1 saturated heterocycles. The third-order valence-electron chi connectivity index (χ3n) is 4.01. The number of nitro groups is 1. The van der Waals surface area contributed by atoms with Crippen LogP contribution in [0.2, 0.25) is 0 Å². The molecular weight excluding hydrogens is 312 g/mol. The Balaban J connectivity index is 1.92. The number of nitrogens with zero attached hydrogens (tertiary/aromatic N) is 2. The van der Waals surface area contributed by atoms with Gasteiger partial charge in [0.2, 0.25) is 0 Å². The monoisotopic (exact) mass is 336 g/mol. The average molecular weight is 336 g/mol. The van der Waals surface area contributed by atoms with E-state index in [0.717, 1.165) is 5.69 Å². The molecule has 1 heterocycles. The van der Waals surface area contributed by atoms with E-state index < -0.39 is 22.1 Å². The van der Waals surface area contributed by atoms with Crippen LogP contribution in [-0.4, -0.2) is 40.3 Å². The number of nitro benzene ring substituents is 1. The maximum Gasteiger partial charge on any atom is 0.309 e. The Bertz CT molecular complexity index is 598. The Morgan fingerprint density at radius 3 is 2.29 bits per heavy atom. The first-order valence-corrected chi connectivity index (χ1v) is 8.02. The van der Waals surface area contributed by atoms with E-state index in [4.69, 9.17) is 4.74 Å². The van der Waals surface area contributed by atoms with E-state index in [0.29, 0.717) is 25.9 Å². The number of hydrogen-bond acceptors (Lipinski definition) is 6. The predicted molar refractivity (Wildman–Crippen MR) is 90.0 cm³/mol. The zero-order valence-corrected chi connectivity index (χ0v) is 14.3. The first-order chi connectivity index (χ1) is 11.1. The van der Waals surface area contributed by atoms with Gasteiger partial charge in [-0.15, -0.1) is 0 Å². The van der Waals surface area contributed by atoms with Crippen molar-refractivity contribution >= 4 is 17.3 Å². The minimum absolute atomic E-state index is 0.0155. The van der Waals surface area contributed by atoms with Crippen LogP contribution in [-0.2, 0) is 9.53 Å². The van der Waals surface area contributed by atoms with Crippen molar-refractivity contribution in [1.29, 1.82) is 0 Å². The van der Waals surface area contributed by atoms with E-state index in [2.05, 4.69) is 0 Å². The number of piperidine rings is 1. The molecule has 0 amide bonds. The summed E-state index contributed by atoms with van der Waals surface area (Å²) in [6.45, 7) is 6.55. The van der Waals surface area contributed by atoms with E-state index in [-0.39, 0.29) is 12.1 Å². The number of esters is 1. The highest BCUT2D eigenvalue weighted by atomic mass is 16.6. The van der Waals surface area contributed by atoms with Gasteiger partial charge in [0.1, 0.15) is 5.60 Å². The molecule has 132 valence electrons. The fourth-order valence-electron chi connectivity index (χ4n) is 2.79. The molecule has 0 atom stereocenters. The molecule has 1 aliphatic heterocycles. The van der Waals surface area contributed by atoms with Crippen LogP contribution in [0.3, 0.4) is 0 Å². The minimum Gasteiger partial charge on any atom is -0.460 e. The third-order valence-corrected chi connectivity index (χ3v) is 4.01. The molecule has 1 aliphatic rings. The van der Waals surface area contributed by atoms with Gasteiger partial charge in [-0.1, -0.05) is 0 Å². The van der Waals surface area contributed by atoms with Crippen LogP contribution in [0.5, 0.6) is 0 Å². The molecule has 2 rings (SSSR count). The van der Waals surface area contributed by atoms with Gasteiger partial charge in [0.15, 0.2) is 0 Å². The van der Waals surface area contributed by atoms with Gasteiger partial charge < -0.3 is 14.7 Å². The van der Waals surface area contributed by atoms with Crippen LogP contribution in [0, 0.1) is 10.1 Å². The summed E-state index contributed by atoms with van der Waals surface area (Å²) in [4.78, 5) is 24.2. The highest BCUT2D eigenvalue weighted by molar-refractivity contribution is 5.71. The van der Waals surface area contributed by atoms with E-state index in [1.54, 1.807) is 32.9 Å². The van der Waals surface area contributed by atoms with Crippen LogP contribution in [0.15, 0.2) is 24.3 Å². The molecule has 7 nitrogen and oxygen atoms in total. The zero-order chi connectivity index (χ0) is 18.0. The molecule has 0 aliphatic carbocycles. The second-order valence-corrected chi connectivity index (χ2v) is 7.25. The van der Waals surface area contributed by atoms with Gasteiger partial charge in [-0.2, -0.15) is 0 Å². The number of aliphatic hydroxyl groups is 1. The number of hydrogen-bond donors (Lipinski definition) is 1. The van der Waals surface area contributed by atoms with Crippen molar-refractivity contribution < 1.29 is 19.6 Å². The van der Waals surface area contributed by atoms with Gasteiger partial charge in [0.25, 0.3) is 5.69 Å². The number of ether oxygens (including phenoxy) is 1. The highest BCUT2D eigenvalue weighted by Crippen LogP contribution is 2.30. The van der Waals surface area contributed by atoms with Gasteiger partial charge in [0, 0.05) is 30.9 Å². The fourth-order valence-corrected chi connectivity index (χ4v) is 2.79. The largest absolute Gasteiger partial charge is 0.460 e. The minimum atomic E-state index is -1.06. The predicted octanol–water partition coefficient (Wildman–Crippen LogP) is 2.66. The van der Waals surface area contributed by atoms with Crippen LogP contribution in [0.4, 0.5) is 11.4 Å². The van der Waals surface area contributed by atoms with E-state index >= 15 is 0 Å². The lowest BCUT2D eigenvalue weighted by atomic mass is 9.88. The first-order valence-electron chi connectivity index (χ1n) is 8.02. The molecule has 1 fully saturated rings. The van der Waals surface area contributed by atoms with Crippen LogP contribution < -0.4 is 4.90 Å². The van der Waals surface area contributed by atoms with Crippen molar-refractivity contribution in [2.45, 2.75) is 51.2 Å². The number of anilines is 1. The van der Waals surface area contributed by atoms with Gasteiger partial charge in [-0.3, -0.25) is 14.9 Å². The average Bonchev–Trinajstić information content (AvgIpc) is 2.45. The standard InChI is InChI=1S/C17H24N2O5/c1-16(2,3)24-15(20)12-17(21)8-10-18(11-9-17)13-4-6-14(7-5-13)19(22)23/h4-7,21H,8-12H2,1-3H3. The van der Waals surface area contributed by atoms with E-state index in [1.807, 2.05) is 4.90 Å². The summed E-state index contributed by atoms with van der Waals surface area (Å²) in [5.74, 6) is -0.395. The lowest BCUT2D eigenvalue weighted by molar-refractivity contribution is -0.384. The smallest absolute Gasteiger partial charge is 0.309 e. The molecule has 1 aromatic rings. The van der Waals surface area contributed by atoms with Crippen molar-refractivity contribution in [1.82, 2.24) is 0 Å². The number of non-ortho nitro benzene ring substituents is 1. The first kappa shape index (κ1) is 18.2. The molecule has 0 bridgehead atoms. The summed E-state index contributed by atoms with van der Waals surface area (Å²) < 4.78 is 5.28. The Kier molecular flexibility index (Phi) is 5.13. The lowest BCUT2D eigenvalue weighted by Crippen LogP contribution is -2.46. The summed E-state index contributed by atoms with van der Waals surface area (Å²) in [5.41, 5.74) is -0.691. The number of benzene rings is 1. The number of rotatable bonds is 4. The van der Waals surface area contributed by atoms with E-state index in [9.17, 15) is 20.0 Å². The Hall–Kier alpha value is -2.15. The molecule has 1 N–H and O–H groups in total. The van der Waals surface area contributed by atoms with Gasteiger partial charge in [-0.25, -0.2) is 0 Å². The molecule has 0 unspecified atom stereocenters. The van der Waals surface area contributed by atoms with Gasteiger partial charge in [0.05, 0.1) is 16.9 Å². The molecule has 7 heteroatoms. The van der Waals surface area contributed by atoms with Crippen molar-refractivity contribution in [3.8, 4) is 0 Å². The van der Waals surface area contributed by atoms with Gasteiger partial charge >= 0.3 is 5.97 Å². The van der Waals surface area contributed by atoms with Crippen molar-refractivity contribution in [3.05, 3.63) is 34.4 Å². The Labute approximate surface area is 141 Å². The van der Waals surface area contributed by atoms with Crippen LogP contribution in [0.25, 0.3) is 0 Å². The topological polar surface area (TPSA) is 92.9 Å². The fraction of sp³-hybridized carbons (Fsp3) is 0.588. The normalized spacial score (nSPS) is 17.4. The molecule has 0 radical (unpaired) electrons. The molecule has 0 saturated carbocycles. The number of carbonyl (C=O) groups is 1. The second-order valence-electron chi connectivity index (χ2n) is 7.25. The van der Waals surface area contributed by atoms with Crippen molar-refractivity contribution in [2.75, 3.05) is 18.0 Å². The molecule has 0 aromatic heterocycles. The van der Waals surface area contributed by atoms with Crippen molar-refractivity contribution in [3.63, 3.8) is 0 Å². The third kappa shape index (κ3) is 4.92. The van der Waals surface area contributed by atoms with Crippen LogP contribution in [0.1, 0.15) is 40.0 Å². The summed E-state index contributed by atoms with van der Waals surface area (Å²) in [6.07, 6.45) is 0.880. The number of carbonyl (C=O) groups excluding carboxylic acids is 1. The molecule has 24 heavy (non-hydrogen) atoms. The Morgan fingerprint density at radius 2 is 1.83 bits per heavy atom. The highest BCUT2D eigenvalue weighted by Gasteiger charge is 2.36. The quantitative estimate of drug-likeness (QED) is 0.516. The van der Waals surface area contributed by atoms with Gasteiger partial charge in [-0.05, 0) is 45.7 Å². The summed E-state index contributed by atoms with van der Waals surface area (Å²) in [6, 6.07) is 6.35. The Morgan fingerprint density at radius 1 is 1.29 bits per heavy atom. The van der Waals surface area contributed by atoms with E-state index in [1.165, 1.54) is 12.1 Å².